The van der Waals surface area contributed by atoms with Gasteiger partial charge >= 0.3 is 5.97 Å². The highest BCUT2D eigenvalue weighted by Gasteiger charge is 1.95. The molecule has 3 nitrogen and oxygen atoms in total. The van der Waals surface area contributed by atoms with Crippen LogP contribution in [0.3, 0.4) is 0 Å². The molecule has 0 radical (unpaired) electrons. The van der Waals surface area contributed by atoms with Gasteiger partial charge < -0.3 is 3.83 Å². The van der Waals surface area contributed by atoms with Gasteiger partial charge in [0.05, 0.1) is 0 Å². The van der Waals surface area contributed by atoms with Gasteiger partial charge in [0.2, 0.25) is 0 Å². The van der Waals surface area contributed by atoms with Crippen LogP contribution in [0, 0.1) is 0 Å². The minimum Gasteiger partial charge on any atom is -0.383 e. The van der Waals surface area contributed by atoms with E-state index in [-0.39, 0.29) is 6.54 Å². The normalized spacial score (nSPS) is 8.29. The van der Waals surface area contributed by atoms with E-state index < -0.39 is 5.97 Å². The molecule has 0 aromatic heterocycles. The summed E-state index contributed by atoms with van der Waals surface area (Å²) in [6.07, 6.45) is 0. The van der Waals surface area contributed by atoms with Crippen molar-refractivity contribution in [2.75, 3.05) is 6.54 Å². The van der Waals surface area contributed by atoms with E-state index in [1.165, 1.54) is 0 Å². The third kappa shape index (κ3) is 4.04. The van der Waals surface area contributed by atoms with Crippen LogP contribution >= 0.6 is 28.0 Å². The van der Waals surface area contributed by atoms with Crippen LogP contribution in [0.25, 0.3) is 0 Å². The van der Waals surface area contributed by atoms with Gasteiger partial charge in [-0.05, 0) is 11.8 Å². The molecule has 0 rings (SSSR count). The second-order valence-corrected chi connectivity index (χ2v) is 1.35. The molecule has 7 heavy (non-hydrogen) atoms. The SMILES string of the molecule is O=C(CNCl)OBr. The molecule has 0 spiro atoms. The van der Waals surface area contributed by atoms with Gasteiger partial charge in [-0.2, -0.15) is 0 Å². The largest absolute Gasteiger partial charge is 0.383 e. The van der Waals surface area contributed by atoms with Gasteiger partial charge in [0, 0.05) is 0 Å². The van der Waals surface area contributed by atoms with Crippen LogP contribution in [0.1, 0.15) is 0 Å². The molecule has 0 aliphatic heterocycles. The van der Waals surface area contributed by atoms with Crippen LogP contribution in [-0.4, -0.2) is 12.5 Å². The Kier molecular flexibility index (Phi) is 4.49. The second-order valence-electron chi connectivity index (χ2n) is 0.760. The molecule has 0 unspecified atom stereocenters. The summed E-state index contributed by atoms with van der Waals surface area (Å²) in [5, 5.41) is 0. The third-order valence-electron chi connectivity index (χ3n) is 0.297. The van der Waals surface area contributed by atoms with E-state index >= 15 is 0 Å². The summed E-state index contributed by atoms with van der Waals surface area (Å²) >= 11 is 7.37. The average Bonchev–Trinajstić information content (AvgIpc) is 1.68. The van der Waals surface area contributed by atoms with Crippen LogP contribution in [0.5, 0.6) is 0 Å². The quantitative estimate of drug-likeness (QED) is 0.645. The van der Waals surface area contributed by atoms with Crippen molar-refractivity contribution in [2.45, 2.75) is 0 Å². The molecule has 42 valence electrons. The molecule has 0 saturated carbocycles. The Morgan fingerprint density at radius 3 is 2.71 bits per heavy atom. The topological polar surface area (TPSA) is 38.3 Å². The lowest BCUT2D eigenvalue weighted by molar-refractivity contribution is -0.131. The summed E-state index contributed by atoms with van der Waals surface area (Å²) in [5.41, 5.74) is 0. The first-order chi connectivity index (χ1) is 3.31. The Morgan fingerprint density at radius 1 is 2.00 bits per heavy atom. The van der Waals surface area contributed by atoms with Crippen molar-refractivity contribution in [3.05, 3.63) is 0 Å². The van der Waals surface area contributed by atoms with Gasteiger partial charge in [-0.1, -0.05) is 0 Å². The fourth-order valence-corrected chi connectivity index (χ4v) is 0.305. The van der Waals surface area contributed by atoms with E-state index in [9.17, 15) is 4.79 Å². The number of hydrogen-bond acceptors (Lipinski definition) is 3. The summed E-state index contributed by atoms with van der Waals surface area (Å²) in [7, 11) is 0. The smallest absolute Gasteiger partial charge is 0.332 e. The van der Waals surface area contributed by atoms with Gasteiger partial charge in [-0.3, -0.25) is 0 Å². The maximum atomic E-state index is 10.00. The molecule has 0 amide bonds. The van der Waals surface area contributed by atoms with E-state index in [2.05, 4.69) is 24.9 Å². The van der Waals surface area contributed by atoms with Crippen LogP contribution < -0.4 is 4.84 Å². The lowest BCUT2D eigenvalue weighted by Crippen LogP contribution is -2.13. The maximum absolute atomic E-state index is 10.00. The van der Waals surface area contributed by atoms with E-state index in [0.717, 1.165) is 0 Å². The van der Waals surface area contributed by atoms with Crippen LogP contribution in [0.4, 0.5) is 0 Å². The zero-order chi connectivity index (χ0) is 5.70. The standard InChI is InChI=1S/C2H3BrClNO2/c3-7-2(6)1-5-4/h5H,1H2. The van der Waals surface area contributed by atoms with Gasteiger partial charge in [0.25, 0.3) is 0 Å². The van der Waals surface area contributed by atoms with E-state index in [4.69, 9.17) is 11.8 Å². The summed E-state index contributed by atoms with van der Waals surface area (Å²) in [6.45, 7) is 0.00675. The Balaban J connectivity index is 3.00. The zero-order valence-corrected chi connectivity index (χ0v) is 5.62. The minimum atomic E-state index is -0.449. The Hall–Kier alpha value is 0.200. The van der Waals surface area contributed by atoms with Crippen molar-refractivity contribution in [3.8, 4) is 0 Å². The molecule has 0 bridgehead atoms. The molecule has 0 atom stereocenters. The fourth-order valence-electron chi connectivity index (χ4n) is 0.0818. The van der Waals surface area contributed by atoms with E-state index in [1.54, 1.807) is 0 Å². The maximum Gasteiger partial charge on any atom is 0.332 e. The molecule has 0 saturated heterocycles. The molecule has 0 aromatic rings. The number of carbonyl (C=O) groups is 1. The predicted octanol–water partition coefficient (Wildman–Crippen LogP) is 0.583. The highest BCUT2D eigenvalue weighted by Crippen LogP contribution is 1.83. The summed E-state index contributed by atoms with van der Waals surface area (Å²) in [5.74, 6) is -0.449. The number of carbonyl (C=O) groups excluding carboxylic acids is 1. The number of hydrogen-bond donors (Lipinski definition) is 1. The molecular weight excluding hydrogens is 185 g/mol. The van der Waals surface area contributed by atoms with Gasteiger partial charge in [0.1, 0.15) is 6.54 Å². The van der Waals surface area contributed by atoms with Gasteiger partial charge in [-0.25, -0.2) is 9.63 Å². The average molecular weight is 188 g/mol. The van der Waals surface area contributed by atoms with Gasteiger partial charge in [0.15, 0.2) is 16.3 Å². The third-order valence-corrected chi connectivity index (χ3v) is 0.792. The Bertz CT molecular complexity index is 68.7. The summed E-state index contributed by atoms with van der Waals surface area (Å²) in [6, 6.07) is 0. The molecule has 0 fully saturated rings. The fraction of sp³-hybridized carbons (Fsp3) is 0.500. The summed E-state index contributed by atoms with van der Waals surface area (Å²) < 4.78 is 4.02. The zero-order valence-electron chi connectivity index (χ0n) is 3.28. The predicted molar refractivity (Wildman–Crippen MR) is 28.9 cm³/mol. The Morgan fingerprint density at radius 2 is 2.57 bits per heavy atom. The lowest BCUT2D eigenvalue weighted by atomic mass is 10.7. The monoisotopic (exact) mass is 187 g/mol. The first-order valence-corrected chi connectivity index (χ1v) is 2.48. The van der Waals surface area contributed by atoms with Crippen molar-refractivity contribution in [1.82, 2.24) is 4.84 Å². The lowest BCUT2D eigenvalue weighted by Gasteiger charge is -1.88. The van der Waals surface area contributed by atoms with E-state index in [1.807, 2.05) is 0 Å². The van der Waals surface area contributed by atoms with Gasteiger partial charge in [-0.15, -0.1) is 0 Å². The van der Waals surface area contributed by atoms with Crippen molar-refractivity contribution in [2.24, 2.45) is 0 Å². The van der Waals surface area contributed by atoms with Crippen LogP contribution in [-0.2, 0) is 8.62 Å². The summed E-state index contributed by atoms with van der Waals surface area (Å²) in [4.78, 5) is 12.1. The molecule has 0 aliphatic carbocycles. The number of nitrogens with one attached hydrogen (secondary N) is 1. The second kappa shape index (κ2) is 4.36. The first kappa shape index (κ1) is 7.20. The molecule has 5 heteroatoms. The van der Waals surface area contributed by atoms with Crippen molar-refractivity contribution < 1.29 is 8.62 Å². The van der Waals surface area contributed by atoms with Crippen molar-refractivity contribution in [3.63, 3.8) is 0 Å². The number of halogens is 2. The Labute approximate surface area is 54.5 Å². The molecule has 0 heterocycles. The molecule has 0 aromatic carbocycles. The van der Waals surface area contributed by atoms with Crippen LogP contribution in [0.2, 0.25) is 0 Å². The number of rotatable bonds is 2. The molecule has 0 aliphatic rings. The highest BCUT2D eigenvalue weighted by atomic mass is 79.9. The highest BCUT2D eigenvalue weighted by molar-refractivity contribution is 9.06. The molecule has 1 N–H and O–H groups in total. The van der Waals surface area contributed by atoms with Crippen molar-refractivity contribution in [1.29, 1.82) is 0 Å². The molecular formula is C2H3BrClNO2. The van der Waals surface area contributed by atoms with Crippen molar-refractivity contribution >= 4 is 34.0 Å². The first-order valence-electron chi connectivity index (χ1n) is 1.46. The minimum absolute atomic E-state index is 0.00675. The van der Waals surface area contributed by atoms with E-state index in [0.29, 0.717) is 0 Å². The van der Waals surface area contributed by atoms with Crippen LogP contribution in [0.15, 0.2) is 0 Å².